The first-order valence-corrected chi connectivity index (χ1v) is 8.18. The predicted octanol–water partition coefficient (Wildman–Crippen LogP) is 0.868. The fraction of sp³-hybridized carbons (Fsp3) is 0.389. The van der Waals surface area contributed by atoms with Crippen LogP contribution in [0.25, 0.3) is 0 Å². The van der Waals surface area contributed by atoms with Crippen LogP contribution in [0.15, 0.2) is 30.5 Å². The minimum Gasteiger partial charge on any atom is -0.496 e. The first kappa shape index (κ1) is 19.3. The molecule has 0 aliphatic heterocycles. The average molecular weight is 360 g/mol. The number of para-hydroxylation sites is 1. The number of amides is 2. The summed E-state index contributed by atoms with van der Waals surface area (Å²) >= 11 is 0. The number of methoxy groups -OCH3 is 2. The number of hydrogen-bond donors (Lipinski definition) is 1. The summed E-state index contributed by atoms with van der Waals surface area (Å²) in [5, 5.41) is 6.86. The van der Waals surface area contributed by atoms with Gasteiger partial charge in [-0.2, -0.15) is 0 Å². The number of nitrogens with zero attached hydrogens (tertiary/aromatic N) is 3. The third-order valence-electron chi connectivity index (χ3n) is 3.86. The molecule has 0 saturated carbocycles. The van der Waals surface area contributed by atoms with E-state index in [2.05, 4.69) is 10.4 Å². The van der Waals surface area contributed by atoms with Gasteiger partial charge in [-0.05, 0) is 18.1 Å². The van der Waals surface area contributed by atoms with E-state index in [1.807, 2.05) is 24.3 Å². The highest BCUT2D eigenvalue weighted by molar-refractivity contribution is 5.98. The van der Waals surface area contributed by atoms with E-state index in [0.717, 1.165) is 11.3 Å². The zero-order chi connectivity index (χ0) is 19.1. The van der Waals surface area contributed by atoms with Crippen molar-refractivity contribution in [3.8, 4) is 11.6 Å². The summed E-state index contributed by atoms with van der Waals surface area (Å²) in [6.45, 7) is 0.403. The van der Waals surface area contributed by atoms with Gasteiger partial charge in [0.05, 0.1) is 20.8 Å². The maximum Gasteiger partial charge on any atom is 0.261 e. The zero-order valence-electron chi connectivity index (χ0n) is 15.5. The average Bonchev–Trinajstić information content (AvgIpc) is 3.02. The van der Waals surface area contributed by atoms with Gasteiger partial charge >= 0.3 is 0 Å². The van der Waals surface area contributed by atoms with E-state index in [1.165, 1.54) is 16.7 Å². The van der Waals surface area contributed by atoms with Crippen molar-refractivity contribution in [3.05, 3.63) is 41.6 Å². The van der Waals surface area contributed by atoms with Gasteiger partial charge in [0, 0.05) is 26.8 Å². The number of aromatic nitrogens is 2. The highest BCUT2D eigenvalue weighted by Crippen LogP contribution is 2.17. The molecule has 0 unspecified atom stereocenters. The molecule has 1 aromatic carbocycles. The largest absolute Gasteiger partial charge is 0.496 e. The number of likely N-dealkylation sites (N-methyl/N-ethyl adjacent to an activating group) is 1. The number of aryl methyl sites for hydroxylation is 1. The molecule has 0 aliphatic carbocycles. The Kier molecular flexibility index (Phi) is 6.60. The number of carbonyl (C=O) groups excluding carboxylic acids is 2. The van der Waals surface area contributed by atoms with Gasteiger partial charge in [-0.15, -0.1) is 5.10 Å². The van der Waals surface area contributed by atoms with Gasteiger partial charge in [-0.1, -0.05) is 18.2 Å². The summed E-state index contributed by atoms with van der Waals surface area (Å²) in [5.74, 6) is 0.465. The molecule has 1 N–H and O–H groups in total. The Labute approximate surface area is 152 Å². The Bertz CT molecular complexity index is 772. The smallest absolute Gasteiger partial charge is 0.261 e. The normalized spacial score (nSPS) is 10.3. The van der Waals surface area contributed by atoms with Crippen molar-refractivity contribution < 1.29 is 19.1 Å². The lowest BCUT2D eigenvalue weighted by Crippen LogP contribution is -2.39. The van der Waals surface area contributed by atoms with E-state index in [1.54, 1.807) is 27.4 Å². The van der Waals surface area contributed by atoms with Gasteiger partial charge in [-0.25, -0.2) is 0 Å². The van der Waals surface area contributed by atoms with E-state index in [4.69, 9.17) is 9.47 Å². The number of nitrogens with one attached hydrogen (secondary N) is 1. The number of ether oxygens (including phenoxy) is 2. The molecule has 1 aromatic heterocycles. The lowest BCUT2D eigenvalue weighted by atomic mass is 10.1. The minimum absolute atomic E-state index is 0.0528. The van der Waals surface area contributed by atoms with Crippen LogP contribution in [-0.4, -0.2) is 60.9 Å². The van der Waals surface area contributed by atoms with E-state index in [9.17, 15) is 9.59 Å². The van der Waals surface area contributed by atoms with Crippen molar-refractivity contribution in [2.45, 2.75) is 6.42 Å². The Morgan fingerprint density at radius 2 is 1.96 bits per heavy atom. The van der Waals surface area contributed by atoms with Gasteiger partial charge in [0.15, 0.2) is 0 Å². The summed E-state index contributed by atoms with van der Waals surface area (Å²) in [6.07, 6.45) is 2.21. The monoisotopic (exact) mass is 360 g/mol. The Hall–Kier alpha value is -3.03. The molecule has 0 aliphatic rings. The highest BCUT2D eigenvalue weighted by Gasteiger charge is 2.21. The molecule has 140 valence electrons. The molecule has 8 nitrogen and oxygen atoms in total. The summed E-state index contributed by atoms with van der Waals surface area (Å²) < 4.78 is 11.9. The third-order valence-corrected chi connectivity index (χ3v) is 3.86. The molecular formula is C18H24N4O4. The van der Waals surface area contributed by atoms with Gasteiger partial charge in [-0.3, -0.25) is 14.3 Å². The van der Waals surface area contributed by atoms with Crippen LogP contribution in [0.5, 0.6) is 11.6 Å². The molecule has 2 rings (SSSR count). The van der Waals surface area contributed by atoms with Gasteiger partial charge in [0.1, 0.15) is 11.3 Å². The van der Waals surface area contributed by atoms with Crippen LogP contribution in [0.4, 0.5) is 0 Å². The third kappa shape index (κ3) is 4.75. The van der Waals surface area contributed by atoms with E-state index in [-0.39, 0.29) is 24.2 Å². The van der Waals surface area contributed by atoms with Gasteiger partial charge < -0.3 is 19.7 Å². The van der Waals surface area contributed by atoms with E-state index in [0.29, 0.717) is 18.5 Å². The van der Waals surface area contributed by atoms with E-state index >= 15 is 0 Å². The quantitative estimate of drug-likeness (QED) is 0.755. The van der Waals surface area contributed by atoms with E-state index < -0.39 is 0 Å². The van der Waals surface area contributed by atoms with Crippen molar-refractivity contribution in [2.75, 3.05) is 34.4 Å². The highest BCUT2D eigenvalue weighted by atomic mass is 16.5. The second-order valence-electron chi connectivity index (χ2n) is 5.80. The Morgan fingerprint density at radius 3 is 2.65 bits per heavy atom. The van der Waals surface area contributed by atoms with Crippen molar-refractivity contribution in [2.24, 2.45) is 7.05 Å². The minimum atomic E-state index is -0.324. The standard InChI is InChI=1S/C18H24N4O4/c1-21(18(24)14-11-22(2)20-17(14)26-4)12-16(23)19-10-9-13-7-5-6-8-15(13)25-3/h5-8,11H,9-10,12H2,1-4H3,(H,19,23). The summed E-state index contributed by atoms with van der Waals surface area (Å²) in [6, 6.07) is 7.65. The molecule has 0 fully saturated rings. The molecule has 8 heteroatoms. The van der Waals surface area contributed by atoms with Crippen LogP contribution >= 0.6 is 0 Å². The molecule has 2 amide bonds. The van der Waals surface area contributed by atoms with Crippen LogP contribution in [0.2, 0.25) is 0 Å². The van der Waals surface area contributed by atoms with Crippen LogP contribution in [-0.2, 0) is 18.3 Å². The lowest BCUT2D eigenvalue weighted by molar-refractivity contribution is -0.121. The number of hydrogen-bond acceptors (Lipinski definition) is 5. The SMILES string of the molecule is COc1ccccc1CCNC(=O)CN(C)C(=O)c1cn(C)nc1OC. The maximum atomic E-state index is 12.4. The number of rotatable bonds is 8. The Balaban J connectivity index is 1.86. The van der Waals surface area contributed by atoms with Crippen LogP contribution < -0.4 is 14.8 Å². The molecule has 26 heavy (non-hydrogen) atoms. The predicted molar refractivity (Wildman–Crippen MR) is 96.4 cm³/mol. The first-order valence-electron chi connectivity index (χ1n) is 8.18. The number of carbonyl (C=O) groups is 2. The summed E-state index contributed by atoms with van der Waals surface area (Å²) in [4.78, 5) is 25.9. The molecule has 0 spiro atoms. The molecule has 0 bridgehead atoms. The Morgan fingerprint density at radius 1 is 1.23 bits per heavy atom. The molecule has 0 atom stereocenters. The van der Waals surface area contributed by atoms with Crippen molar-refractivity contribution in [1.29, 1.82) is 0 Å². The fourth-order valence-corrected chi connectivity index (χ4v) is 2.56. The molecular weight excluding hydrogens is 336 g/mol. The second-order valence-corrected chi connectivity index (χ2v) is 5.80. The topological polar surface area (TPSA) is 85.7 Å². The van der Waals surface area contributed by atoms with Crippen molar-refractivity contribution in [3.63, 3.8) is 0 Å². The molecule has 0 saturated heterocycles. The van der Waals surface area contributed by atoms with Crippen LogP contribution in [0.1, 0.15) is 15.9 Å². The van der Waals surface area contributed by atoms with Crippen LogP contribution in [0, 0.1) is 0 Å². The van der Waals surface area contributed by atoms with Gasteiger partial charge in [0.2, 0.25) is 11.8 Å². The first-order chi connectivity index (χ1) is 12.5. The molecule has 1 heterocycles. The maximum absolute atomic E-state index is 12.4. The van der Waals surface area contributed by atoms with Crippen LogP contribution in [0.3, 0.4) is 0 Å². The molecule has 0 radical (unpaired) electrons. The fourth-order valence-electron chi connectivity index (χ4n) is 2.56. The lowest BCUT2D eigenvalue weighted by Gasteiger charge is -2.16. The molecule has 2 aromatic rings. The summed E-state index contributed by atoms with van der Waals surface area (Å²) in [5.41, 5.74) is 1.33. The van der Waals surface area contributed by atoms with Crippen molar-refractivity contribution >= 4 is 11.8 Å². The summed E-state index contributed by atoms with van der Waals surface area (Å²) in [7, 11) is 6.33. The second kappa shape index (κ2) is 8.89. The number of benzene rings is 1. The van der Waals surface area contributed by atoms with Crippen molar-refractivity contribution in [1.82, 2.24) is 20.0 Å². The zero-order valence-corrected chi connectivity index (χ0v) is 15.5. The van der Waals surface area contributed by atoms with Gasteiger partial charge in [0.25, 0.3) is 5.91 Å².